The van der Waals surface area contributed by atoms with E-state index in [1.165, 1.54) is 27.7 Å². The lowest BCUT2D eigenvalue weighted by molar-refractivity contribution is -0.289. The van der Waals surface area contributed by atoms with Gasteiger partial charge in [0.1, 0.15) is 36.0 Å². The second-order valence-electron chi connectivity index (χ2n) is 22.8. The lowest BCUT2D eigenvalue weighted by atomic mass is 9.37. The molecule has 18 atom stereocenters. The van der Waals surface area contributed by atoms with E-state index in [0.29, 0.717) is 0 Å². The highest BCUT2D eigenvalue weighted by Gasteiger charge is 2.81. The minimum absolute atomic E-state index is 0.000977. The Kier molecular flexibility index (Phi) is 10.9. The van der Waals surface area contributed by atoms with Crippen LogP contribution in [0.25, 0.3) is 0 Å². The van der Waals surface area contributed by atoms with Crippen molar-refractivity contribution in [3.63, 3.8) is 0 Å². The van der Waals surface area contributed by atoms with Crippen molar-refractivity contribution in [2.24, 2.45) is 68.0 Å². The summed E-state index contributed by atoms with van der Waals surface area (Å²) >= 11 is 0. The molecule has 3 N–H and O–H groups in total. The minimum atomic E-state index is -2.01. The van der Waals surface area contributed by atoms with Crippen molar-refractivity contribution >= 4 is 47.2 Å². The molecule has 354 valence electrons. The number of rotatable bonds is 4. The predicted molar refractivity (Wildman–Crippen MR) is 220 cm³/mol. The summed E-state index contributed by atoms with van der Waals surface area (Å²) in [5, 5.41) is 37.1. The average molecular weight is 899 g/mol. The Morgan fingerprint density at radius 1 is 0.594 bits per heavy atom. The molecule has 0 amide bonds. The van der Waals surface area contributed by atoms with Crippen LogP contribution in [0.4, 0.5) is 0 Å². The van der Waals surface area contributed by atoms with Gasteiger partial charge in [-0.1, -0.05) is 41.5 Å². The first-order valence-electron chi connectivity index (χ1n) is 23.1. The van der Waals surface area contributed by atoms with Crippen LogP contribution in [-0.4, -0.2) is 111 Å². The van der Waals surface area contributed by atoms with E-state index < -0.39 is 152 Å². The van der Waals surface area contributed by atoms with Gasteiger partial charge in [-0.15, -0.1) is 0 Å². The molecule has 16 nitrogen and oxygen atoms in total. The third-order valence-corrected chi connectivity index (χ3v) is 18.7. The number of hydrogen-bond donors (Lipinski definition) is 3. The summed E-state index contributed by atoms with van der Waals surface area (Å²) in [7, 11) is 0. The fraction of sp³-hybridized carbons (Fsp3) is 0.833. The first kappa shape index (κ1) is 46.8. The molecular weight excluding hydrogens is 833 g/mol. The molecule has 8 rings (SSSR count). The molecule has 1 aliphatic heterocycles. The summed E-state index contributed by atoms with van der Waals surface area (Å²) in [6, 6.07) is 0. The third kappa shape index (κ3) is 6.21. The molecule has 8 aliphatic rings. The Balaban J connectivity index is 1.27. The molecule has 3 spiro atoms. The van der Waals surface area contributed by atoms with E-state index in [1.54, 1.807) is 27.7 Å². The Labute approximate surface area is 373 Å². The lowest BCUT2D eigenvalue weighted by Crippen LogP contribution is -2.73. The van der Waals surface area contributed by atoms with Crippen LogP contribution in [0.2, 0.25) is 0 Å². The van der Waals surface area contributed by atoms with Gasteiger partial charge in [0.05, 0.1) is 23.7 Å². The second-order valence-corrected chi connectivity index (χ2v) is 22.8. The van der Waals surface area contributed by atoms with Crippen LogP contribution in [0, 0.1) is 68.0 Å². The van der Waals surface area contributed by atoms with Gasteiger partial charge in [-0.25, -0.2) is 0 Å². The Hall–Kier alpha value is -3.76. The van der Waals surface area contributed by atoms with Gasteiger partial charge in [-0.2, -0.15) is 0 Å². The van der Waals surface area contributed by atoms with E-state index in [2.05, 4.69) is 0 Å². The maximum atomic E-state index is 16.1. The van der Waals surface area contributed by atoms with Crippen molar-refractivity contribution in [2.45, 2.75) is 182 Å². The van der Waals surface area contributed by atoms with Crippen molar-refractivity contribution < 1.29 is 77.4 Å². The van der Waals surface area contributed by atoms with Gasteiger partial charge in [-0.05, 0) is 32.1 Å². The molecule has 7 aliphatic carbocycles. The van der Waals surface area contributed by atoms with Gasteiger partial charge in [-0.3, -0.25) is 38.4 Å². The van der Waals surface area contributed by atoms with Crippen LogP contribution >= 0.6 is 0 Å². The Morgan fingerprint density at radius 3 is 1.67 bits per heavy atom. The van der Waals surface area contributed by atoms with E-state index in [-0.39, 0.29) is 75.8 Å². The van der Waals surface area contributed by atoms with Gasteiger partial charge in [0.15, 0.2) is 11.4 Å². The maximum absolute atomic E-state index is 16.1. The van der Waals surface area contributed by atoms with E-state index in [1.807, 2.05) is 13.8 Å². The largest absolute Gasteiger partial charge is 0.462 e. The number of esters is 5. The second kappa shape index (κ2) is 14.9. The topological polar surface area (TPSA) is 243 Å². The molecule has 1 saturated heterocycles. The number of hydrogen-bond acceptors (Lipinski definition) is 16. The van der Waals surface area contributed by atoms with Gasteiger partial charge in [0.2, 0.25) is 0 Å². The monoisotopic (exact) mass is 898 g/mol. The first-order chi connectivity index (χ1) is 29.5. The van der Waals surface area contributed by atoms with Crippen LogP contribution in [0.1, 0.15) is 133 Å². The molecule has 18 unspecified atom stereocenters. The van der Waals surface area contributed by atoms with E-state index in [4.69, 9.17) is 23.7 Å². The first-order valence-corrected chi connectivity index (χ1v) is 23.1. The number of carbonyl (C=O) groups is 8. The van der Waals surface area contributed by atoms with Crippen molar-refractivity contribution in [2.75, 3.05) is 0 Å². The molecule has 7 saturated carbocycles. The number of fused-ring (bicyclic) bond motifs is 7. The zero-order valence-corrected chi connectivity index (χ0v) is 38.7. The minimum Gasteiger partial charge on any atom is -0.462 e. The van der Waals surface area contributed by atoms with Crippen molar-refractivity contribution in [1.82, 2.24) is 0 Å². The third-order valence-electron chi connectivity index (χ3n) is 18.7. The van der Waals surface area contributed by atoms with Gasteiger partial charge in [0.25, 0.3) is 0 Å². The van der Waals surface area contributed by atoms with Gasteiger partial charge >= 0.3 is 29.8 Å². The van der Waals surface area contributed by atoms with Crippen molar-refractivity contribution in [3.05, 3.63) is 0 Å². The summed E-state index contributed by atoms with van der Waals surface area (Å²) in [6.07, 6.45) is -9.02. The Morgan fingerprint density at radius 2 is 1.11 bits per heavy atom. The van der Waals surface area contributed by atoms with Crippen LogP contribution in [0.15, 0.2) is 0 Å². The lowest BCUT2D eigenvalue weighted by Gasteiger charge is -2.68. The normalized spacial score (nSPS) is 48.7. The van der Waals surface area contributed by atoms with Crippen LogP contribution in [-0.2, 0) is 62.0 Å². The fourth-order valence-electron chi connectivity index (χ4n) is 17.1. The molecule has 4 bridgehead atoms. The summed E-state index contributed by atoms with van der Waals surface area (Å²) in [4.78, 5) is 112. The van der Waals surface area contributed by atoms with Crippen molar-refractivity contribution in [1.29, 1.82) is 0 Å². The number of ether oxygens (including phenoxy) is 5. The highest BCUT2D eigenvalue weighted by Crippen LogP contribution is 2.74. The zero-order valence-electron chi connectivity index (χ0n) is 38.7. The summed E-state index contributed by atoms with van der Waals surface area (Å²) in [5.74, 6) is -10.1. The quantitative estimate of drug-likeness (QED) is 0.270. The van der Waals surface area contributed by atoms with E-state index in [0.717, 1.165) is 0 Å². The molecule has 0 aromatic heterocycles. The van der Waals surface area contributed by atoms with Crippen molar-refractivity contribution in [3.8, 4) is 0 Å². The molecule has 1 heterocycles. The molecule has 64 heavy (non-hydrogen) atoms. The average Bonchev–Trinajstić information content (AvgIpc) is 3.32. The maximum Gasteiger partial charge on any atom is 0.313 e. The molecule has 0 radical (unpaired) electrons. The van der Waals surface area contributed by atoms with Crippen LogP contribution in [0.5, 0.6) is 0 Å². The molecule has 8 fully saturated rings. The smallest absolute Gasteiger partial charge is 0.313 e. The number of aliphatic hydroxyl groups excluding tert-OH is 3. The number of carbonyl (C=O) groups excluding carboxylic acids is 8. The number of ketones is 3. The summed E-state index contributed by atoms with van der Waals surface area (Å²) in [6.45, 7) is 15.7. The number of Topliss-reactive ketones (excluding diaryl/α,β-unsaturated/α-hetero) is 3. The SMILES string of the molecule is CC(=O)OC1CC2CC3(CC(=O)C4C(C)(C)C(OC(C)=O)CC(O)C4(C)C13)C(=O)C21CCC(=O)C2CC(OC(C)=O)C3C(C2)(CC(O)C2C(C)(C)C(OC(C)=O)CC(O)C32C)C(=O)O1. The molecule has 0 aromatic carbocycles. The Bertz CT molecular complexity index is 2080. The van der Waals surface area contributed by atoms with E-state index >= 15 is 9.59 Å². The van der Waals surface area contributed by atoms with E-state index in [9.17, 15) is 44.1 Å². The van der Waals surface area contributed by atoms with Crippen LogP contribution < -0.4 is 0 Å². The van der Waals surface area contributed by atoms with Gasteiger partial charge < -0.3 is 39.0 Å². The molecular formula is C48H66O16. The standard InChI is InChI=1S/C48H66O16/c1-21(49)60-30-13-25-17-47(20-29(55)37-43(7,8)35(63-24(4)52)16-33(57)45(37,10)39(30)47)41(59)64-48(12-11-27(25)53)26-14-31(61-22(2)50)38-44(9)32(56)15-34(62-23(3)51)42(5,6)36(44)28(54)19-46(38,18-26)40(48)58/h25-26,29-39,55-57H,11-20H2,1-10H3. The summed E-state index contributed by atoms with van der Waals surface area (Å²) in [5.41, 5.74) is -10.2. The predicted octanol–water partition coefficient (Wildman–Crippen LogP) is 3.53. The van der Waals surface area contributed by atoms with Crippen LogP contribution in [0.3, 0.4) is 0 Å². The number of aliphatic hydroxyl groups is 3. The molecule has 16 heteroatoms. The fourth-order valence-corrected chi connectivity index (χ4v) is 17.1. The van der Waals surface area contributed by atoms with Gasteiger partial charge in [0, 0.05) is 122 Å². The zero-order chi connectivity index (χ0) is 47.2. The highest BCUT2D eigenvalue weighted by atomic mass is 16.6. The molecule has 0 aromatic rings. The highest BCUT2D eigenvalue weighted by molar-refractivity contribution is 6.03. The summed E-state index contributed by atoms with van der Waals surface area (Å²) < 4.78 is 30.4.